The van der Waals surface area contributed by atoms with Crippen molar-refractivity contribution in [3.8, 4) is 0 Å². The molecule has 0 saturated carbocycles. The number of hydrogen-bond acceptors (Lipinski definition) is 8. The van der Waals surface area contributed by atoms with E-state index in [9.17, 15) is 48.0 Å². The van der Waals surface area contributed by atoms with Gasteiger partial charge in [-0.2, -0.15) is 45.0 Å². The minimum atomic E-state index is -4.80. The number of nitrogens with one attached hydrogen (secondary N) is 2. The van der Waals surface area contributed by atoms with E-state index in [0.29, 0.717) is 11.6 Å². The highest BCUT2D eigenvalue weighted by molar-refractivity contribution is 7.90. The minimum absolute atomic E-state index is 0.0199. The Morgan fingerprint density at radius 1 is 0.769 bits per heavy atom. The Balaban J connectivity index is 0.000000310. The highest BCUT2D eigenvalue weighted by atomic mass is 35.5. The van der Waals surface area contributed by atoms with Crippen molar-refractivity contribution in [3.05, 3.63) is 81.1 Å². The summed E-state index contributed by atoms with van der Waals surface area (Å²) in [4.78, 5) is 12.0. The molecule has 288 valence electrons. The van der Waals surface area contributed by atoms with Crippen molar-refractivity contribution in [2.24, 2.45) is 5.14 Å². The highest BCUT2D eigenvalue weighted by Gasteiger charge is 2.36. The molecule has 4 rings (SSSR count). The Bertz CT molecular complexity index is 2120. The molecule has 2 aromatic heterocycles. The number of aromatic nitrogens is 4. The summed E-state index contributed by atoms with van der Waals surface area (Å²) in [5.74, 6) is 0. The van der Waals surface area contributed by atoms with Crippen LogP contribution < -0.4 is 20.9 Å². The summed E-state index contributed by atoms with van der Waals surface area (Å²) in [5.41, 5.74) is 2.69. The summed E-state index contributed by atoms with van der Waals surface area (Å²) in [5, 5.41) is 13.7. The third kappa shape index (κ3) is 12.3. The number of rotatable bonds is 6. The zero-order valence-electron chi connectivity index (χ0n) is 28.1. The van der Waals surface area contributed by atoms with E-state index in [2.05, 4.69) is 10.2 Å². The second-order valence-corrected chi connectivity index (χ2v) is 15.4. The summed E-state index contributed by atoms with van der Waals surface area (Å²) in [6.45, 7) is 10.1. The normalized spacial score (nSPS) is 12.2. The Labute approximate surface area is 305 Å². The van der Waals surface area contributed by atoms with Crippen LogP contribution in [0.15, 0.2) is 58.8 Å². The van der Waals surface area contributed by atoms with E-state index in [4.69, 9.17) is 34.1 Å². The zero-order chi connectivity index (χ0) is 40.1. The molecule has 2 aromatic carbocycles. The van der Waals surface area contributed by atoms with Gasteiger partial charge in [-0.1, -0.05) is 23.2 Å². The lowest BCUT2D eigenvalue weighted by atomic mass is 10.1. The highest BCUT2D eigenvalue weighted by Crippen LogP contribution is 2.39. The molecule has 0 bridgehead atoms. The second-order valence-electron chi connectivity index (χ2n) is 11.4. The molecule has 13 nitrogen and oxygen atoms in total. The van der Waals surface area contributed by atoms with E-state index in [0.717, 1.165) is 6.07 Å². The molecule has 2 amide bonds. The fraction of sp³-hybridized carbons (Fsp3) is 0.345. The monoisotopic (exact) mass is 822 g/mol. The summed E-state index contributed by atoms with van der Waals surface area (Å²) in [7, 11) is -8.01. The van der Waals surface area contributed by atoms with Crippen LogP contribution in [0.4, 0.5) is 42.5 Å². The molecular formula is C29H34Cl2F6N8O5S2. The zero-order valence-corrected chi connectivity index (χ0v) is 31.2. The van der Waals surface area contributed by atoms with Gasteiger partial charge in [0.2, 0.25) is 0 Å². The van der Waals surface area contributed by atoms with Crippen LogP contribution in [-0.4, -0.2) is 42.4 Å². The number of amides is 2. The molecule has 4 aromatic rings. The van der Waals surface area contributed by atoms with Gasteiger partial charge in [0.15, 0.2) is 10.1 Å². The summed E-state index contributed by atoms with van der Waals surface area (Å²) >= 11 is 11.1. The largest absolute Gasteiger partial charge is 0.418 e. The smallest absolute Gasteiger partial charge is 0.398 e. The van der Waals surface area contributed by atoms with Crippen molar-refractivity contribution in [2.45, 2.75) is 76.0 Å². The number of sulfonamides is 2. The number of carbonyl (C=O) groups excluding carboxylic acids is 1. The summed E-state index contributed by atoms with van der Waals surface area (Å²) < 4.78 is 127. The van der Waals surface area contributed by atoms with E-state index in [1.54, 1.807) is 29.4 Å². The van der Waals surface area contributed by atoms with Gasteiger partial charge in [0.1, 0.15) is 0 Å². The number of aryl methyl sites for hydroxylation is 2. The van der Waals surface area contributed by atoms with Gasteiger partial charge in [-0.3, -0.25) is 9.36 Å². The number of halogens is 8. The Hall–Kier alpha value is -4.05. The van der Waals surface area contributed by atoms with Gasteiger partial charge < -0.3 is 11.1 Å². The first-order chi connectivity index (χ1) is 23.5. The molecule has 6 N–H and O–H groups in total. The Morgan fingerprint density at radius 3 is 1.60 bits per heavy atom. The van der Waals surface area contributed by atoms with Crippen LogP contribution in [0.5, 0.6) is 0 Å². The van der Waals surface area contributed by atoms with Crippen LogP contribution >= 0.6 is 23.2 Å². The molecule has 0 aliphatic carbocycles. The number of nitrogen functional groups attached to an aromatic ring is 1. The standard InChI is InChI=1S/C15H16ClF3N4O3S.C8H7ClF3N.C6H11N3O2S/c1-8(2)23-5-4-12(21-23)27(25,26)22-14(24)20-13-9(3)6-10(16)7-11(13)15(17,18)19;1-4-2-5(9)3-6(7(4)13)8(10,11)12;1-5(2)9-4-3-6(8-9)12(7,10)11/h4-8H,1-3H3,(H2,20,22,24);2-3H,13H2,1H3;3-5H,1-2H3,(H2,7,10,11). The third-order valence-corrected chi connectivity index (χ3v) is 8.98. The molecular weight excluding hydrogens is 789 g/mol. The van der Waals surface area contributed by atoms with Crippen LogP contribution in [-0.2, 0) is 32.4 Å². The van der Waals surface area contributed by atoms with Gasteiger partial charge >= 0.3 is 18.4 Å². The van der Waals surface area contributed by atoms with Gasteiger partial charge in [0.05, 0.1) is 16.8 Å². The molecule has 0 aliphatic heterocycles. The molecule has 0 spiro atoms. The van der Waals surface area contributed by atoms with Crippen LogP contribution in [0.3, 0.4) is 0 Å². The SMILES string of the molecule is CC(C)n1ccc(S(N)(=O)=O)n1.Cc1cc(Cl)cc(C(F)(F)F)c1N.Cc1cc(Cl)cc(C(F)(F)F)c1NC(=O)NS(=O)(=O)c1ccn(C(C)C)n1. The molecule has 0 fully saturated rings. The maximum atomic E-state index is 13.2. The molecule has 52 heavy (non-hydrogen) atoms. The van der Waals surface area contributed by atoms with Crippen molar-refractivity contribution < 1.29 is 48.0 Å². The molecule has 0 unspecified atom stereocenters. The fourth-order valence-corrected chi connectivity index (χ4v) is 5.79. The Kier molecular flexibility index (Phi) is 14.2. The predicted octanol–water partition coefficient (Wildman–Crippen LogP) is 7.32. The fourth-order valence-electron chi connectivity index (χ4n) is 3.95. The van der Waals surface area contributed by atoms with Gasteiger partial charge in [0.25, 0.3) is 20.0 Å². The van der Waals surface area contributed by atoms with Gasteiger partial charge in [-0.05, 0) is 89.1 Å². The minimum Gasteiger partial charge on any atom is -0.398 e. The summed E-state index contributed by atoms with van der Waals surface area (Å²) in [6, 6.07) is 5.29. The topological polar surface area (TPSA) is 197 Å². The lowest BCUT2D eigenvalue weighted by Gasteiger charge is -2.17. The van der Waals surface area contributed by atoms with Crippen molar-refractivity contribution >= 4 is 60.7 Å². The van der Waals surface area contributed by atoms with Crippen molar-refractivity contribution in [1.82, 2.24) is 24.3 Å². The average molecular weight is 824 g/mol. The number of nitrogens with zero attached hydrogens (tertiary/aromatic N) is 4. The third-order valence-electron chi connectivity index (χ3n) is 6.52. The number of alkyl halides is 6. The molecule has 0 saturated heterocycles. The van der Waals surface area contributed by atoms with Crippen LogP contribution in [0.1, 0.15) is 62.0 Å². The lowest BCUT2D eigenvalue weighted by Crippen LogP contribution is -2.35. The Morgan fingerprint density at radius 2 is 1.19 bits per heavy atom. The molecule has 0 radical (unpaired) electrons. The van der Waals surface area contributed by atoms with E-state index >= 15 is 0 Å². The van der Waals surface area contributed by atoms with Crippen molar-refractivity contribution in [2.75, 3.05) is 11.1 Å². The number of benzene rings is 2. The van der Waals surface area contributed by atoms with Crippen molar-refractivity contribution in [1.29, 1.82) is 0 Å². The number of anilines is 2. The number of urea groups is 1. The number of nitrogens with two attached hydrogens (primary N) is 2. The van der Waals surface area contributed by atoms with E-state index in [1.165, 1.54) is 49.0 Å². The van der Waals surface area contributed by atoms with Gasteiger partial charge in [-0.15, -0.1) is 0 Å². The summed E-state index contributed by atoms with van der Waals surface area (Å²) in [6.07, 6.45) is -6.25. The van der Waals surface area contributed by atoms with Crippen LogP contribution in [0.25, 0.3) is 0 Å². The van der Waals surface area contributed by atoms with E-state index in [1.807, 2.05) is 19.2 Å². The first kappa shape index (κ1) is 44.1. The lowest BCUT2D eigenvalue weighted by molar-refractivity contribution is -0.137. The number of carbonyl (C=O) groups is 1. The molecule has 23 heteroatoms. The first-order valence-corrected chi connectivity index (χ1v) is 18.3. The predicted molar refractivity (Wildman–Crippen MR) is 183 cm³/mol. The molecule has 0 aliphatic rings. The number of primary sulfonamides is 1. The van der Waals surface area contributed by atoms with Crippen LogP contribution in [0, 0.1) is 13.8 Å². The van der Waals surface area contributed by atoms with E-state index < -0.39 is 60.3 Å². The second kappa shape index (κ2) is 16.7. The maximum Gasteiger partial charge on any atom is 0.418 e. The first-order valence-electron chi connectivity index (χ1n) is 14.5. The maximum absolute atomic E-state index is 13.2. The van der Waals surface area contributed by atoms with Crippen molar-refractivity contribution in [3.63, 3.8) is 0 Å². The quantitative estimate of drug-likeness (QED) is 0.115. The van der Waals surface area contributed by atoms with Gasteiger partial charge in [-0.25, -0.2) is 23.1 Å². The van der Waals surface area contributed by atoms with Gasteiger partial charge in [0, 0.05) is 40.2 Å². The molecule has 2 heterocycles. The number of hydrogen-bond donors (Lipinski definition) is 4. The average Bonchev–Trinajstić information content (AvgIpc) is 3.67. The molecule has 0 atom stereocenters. The van der Waals surface area contributed by atoms with E-state index in [-0.39, 0.29) is 38.4 Å². The van der Waals surface area contributed by atoms with Crippen LogP contribution in [0.2, 0.25) is 10.0 Å².